The van der Waals surface area contributed by atoms with E-state index in [0.29, 0.717) is 5.82 Å². The fourth-order valence-corrected chi connectivity index (χ4v) is 2.87. The Morgan fingerprint density at radius 3 is 2.86 bits per heavy atom. The number of carbonyl (C=O) groups is 1. The van der Waals surface area contributed by atoms with Crippen LogP contribution in [-0.4, -0.2) is 22.0 Å². The van der Waals surface area contributed by atoms with Crippen molar-refractivity contribution in [3.8, 4) is 0 Å². The van der Waals surface area contributed by atoms with Crippen molar-refractivity contribution in [1.29, 1.82) is 0 Å². The molecule has 2 aliphatic rings. The van der Waals surface area contributed by atoms with Crippen molar-refractivity contribution in [2.75, 3.05) is 0 Å². The minimum Gasteiger partial charge on any atom is -0.479 e. The minimum atomic E-state index is -0.427. The summed E-state index contributed by atoms with van der Waals surface area (Å²) < 4.78 is 6.24. The van der Waals surface area contributed by atoms with Crippen LogP contribution in [0.15, 0.2) is 44.7 Å². The van der Waals surface area contributed by atoms with Gasteiger partial charge in [-0.25, -0.2) is 4.98 Å². The standard InChI is InChI=1S/C14H14BrN3O3/c15-8-5-6-11(16-7-8)17-18-12-13(19)9-3-1-2-4-10(9)21-14(12)20/h5-7,9-10,20H,1-4H2. The zero-order chi connectivity index (χ0) is 14.8. The predicted molar refractivity (Wildman–Crippen MR) is 77.9 cm³/mol. The van der Waals surface area contributed by atoms with Gasteiger partial charge >= 0.3 is 5.95 Å². The summed E-state index contributed by atoms with van der Waals surface area (Å²) in [6, 6.07) is 3.43. The molecule has 110 valence electrons. The summed E-state index contributed by atoms with van der Waals surface area (Å²) in [6.07, 6.45) is 4.93. The molecule has 2 atom stereocenters. The average molecular weight is 352 g/mol. The van der Waals surface area contributed by atoms with Gasteiger partial charge in [-0.1, -0.05) is 6.42 Å². The van der Waals surface area contributed by atoms with Crippen molar-refractivity contribution >= 4 is 27.5 Å². The molecule has 0 bridgehead atoms. The molecule has 1 N–H and O–H groups in total. The van der Waals surface area contributed by atoms with Gasteiger partial charge in [0.1, 0.15) is 6.10 Å². The number of hydrogen-bond acceptors (Lipinski definition) is 6. The zero-order valence-electron chi connectivity index (χ0n) is 11.2. The van der Waals surface area contributed by atoms with Gasteiger partial charge < -0.3 is 9.84 Å². The van der Waals surface area contributed by atoms with E-state index in [2.05, 4.69) is 31.1 Å². The molecule has 21 heavy (non-hydrogen) atoms. The van der Waals surface area contributed by atoms with Gasteiger partial charge in [0, 0.05) is 10.7 Å². The highest BCUT2D eigenvalue weighted by molar-refractivity contribution is 9.10. The van der Waals surface area contributed by atoms with Gasteiger partial charge in [-0.2, -0.15) is 0 Å². The van der Waals surface area contributed by atoms with E-state index in [1.807, 2.05) is 0 Å². The number of ketones is 1. The quantitative estimate of drug-likeness (QED) is 0.821. The number of rotatable bonds is 2. The number of carbonyl (C=O) groups excluding carboxylic acids is 1. The number of fused-ring (bicyclic) bond motifs is 1. The van der Waals surface area contributed by atoms with Gasteiger partial charge in [-0.15, -0.1) is 10.2 Å². The number of pyridine rings is 1. The zero-order valence-corrected chi connectivity index (χ0v) is 12.8. The first-order chi connectivity index (χ1) is 10.1. The number of aromatic nitrogens is 1. The van der Waals surface area contributed by atoms with Crippen LogP contribution in [0.3, 0.4) is 0 Å². The maximum atomic E-state index is 12.4. The lowest BCUT2D eigenvalue weighted by atomic mass is 9.81. The Kier molecular flexibility index (Phi) is 4.01. The summed E-state index contributed by atoms with van der Waals surface area (Å²) in [4.78, 5) is 16.4. The van der Waals surface area contributed by atoms with Crippen molar-refractivity contribution in [3.63, 3.8) is 0 Å². The van der Waals surface area contributed by atoms with E-state index in [-0.39, 0.29) is 23.5 Å². The van der Waals surface area contributed by atoms with E-state index in [0.717, 1.165) is 30.2 Å². The summed E-state index contributed by atoms with van der Waals surface area (Å²) in [6.45, 7) is 0. The molecule has 1 aromatic heterocycles. The van der Waals surface area contributed by atoms with Crippen LogP contribution in [0.4, 0.5) is 5.82 Å². The molecular weight excluding hydrogens is 338 g/mol. The topological polar surface area (TPSA) is 84.1 Å². The number of Topliss-reactive ketones (excluding diaryl/α,β-unsaturated/α-hetero) is 1. The first kappa shape index (κ1) is 14.2. The Balaban J connectivity index is 1.83. The number of aliphatic hydroxyl groups excluding tert-OH is 1. The number of allylic oxidation sites excluding steroid dienone is 1. The first-order valence-corrected chi connectivity index (χ1v) is 7.62. The number of ether oxygens (including phenoxy) is 1. The summed E-state index contributed by atoms with van der Waals surface area (Å²) in [7, 11) is 0. The summed E-state index contributed by atoms with van der Waals surface area (Å²) in [5, 5.41) is 17.6. The molecule has 7 heteroatoms. The summed E-state index contributed by atoms with van der Waals surface area (Å²) in [5.41, 5.74) is -0.108. The van der Waals surface area contributed by atoms with Crippen LogP contribution in [0, 0.1) is 5.92 Å². The van der Waals surface area contributed by atoms with Crippen LogP contribution in [-0.2, 0) is 9.53 Å². The molecule has 6 nitrogen and oxygen atoms in total. The van der Waals surface area contributed by atoms with Gasteiger partial charge in [0.05, 0.1) is 5.92 Å². The van der Waals surface area contributed by atoms with E-state index in [1.54, 1.807) is 18.3 Å². The van der Waals surface area contributed by atoms with Crippen LogP contribution in [0.5, 0.6) is 0 Å². The van der Waals surface area contributed by atoms with Gasteiger partial charge in [-0.05, 0) is 47.3 Å². The second kappa shape index (κ2) is 5.93. The molecule has 1 aromatic rings. The monoisotopic (exact) mass is 351 g/mol. The molecule has 0 saturated heterocycles. The fourth-order valence-electron chi connectivity index (χ4n) is 2.64. The van der Waals surface area contributed by atoms with Crippen LogP contribution in [0.25, 0.3) is 0 Å². The smallest absolute Gasteiger partial charge is 0.309 e. The molecule has 0 spiro atoms. The Bertz CT molecular complexity index is 612. The molecule has 2 heterocycles. The molecule has 1 fully saturated rings. The van der Waals surface area contributed by atoms with Crippen molar-refractivity contribution in [2.24, 2.45) is 16.1 Å². The average Bonchev–Trinajstić information content (AvgIpc) is 2.49. The minimum absolute atomic E-state index is 0.108. The van der Waals surface area contributed by atoms with E-state index in [1.165, 1.54) is 0 Å². The highest BCUT2D eigenvalue weighted by atomic mass is 79.9. The molecule has 0 radical (unpaired) electrons. The van der Waals surface area contributed by atoms with E-state index in [4.69, 9.17) is 4.74 Å². The van der Waals surface area contributed by atoms with Gasteiger partial charge in [0.2, 0.25) is 5.70 Å². The Hall–Kier alpha value is -1.76. The largest absolute Gasteiger partial charge is 0.479 e. The van der Waals surface area contributed by atoms with E-state index < -0.39 is 5.95 Å². The molecule has 2 unspecified atom stereocenters. The van der Waals surface area contributed by atoms with Gasteiger partial charge in [-0.3, -0.25) is 4.79 Å². The van der Waals surface area contributed by atoms with Gasteiger partial charge in [0.15, 0.2) is 11.6 Å². The number of halogens is 1. The summed E-state index contributed by atoms with van der Waals surface area (Å²) >= 11 is 3.27. The van der Waals surface area contributed by atoms with Crippen molar-refractivity contribution in [3.05, 3.63) is 34.4 Å². The van der Waals surface area contributed by atoms with Crippen molar-refractivity contribution in [2.45, 2.75) is 31.8 Å². The third-order valence-electron chi connectivity index (χ3n) is 3.70. The van der Waals surface area contributed by atoms with Crippen molar-refractivity contribution in [1.82, 2.24) is 4.98 Å². The number of azo groups is 1. The molecule has 0 aromatic carbocycles. The van der Waals surface area contributed by atoms with Crippen LogP contribution >= 0.6 is 15.9 Å². The predicted octanol–water partition coefficient (Wildman–Crippen LogP) is 3.81. The van der Waals surface area contributed by atoms with E-state index in [9.17, 15) is 9.90 Å². The molecule has 0 amide bonds. The molecule has 1 saturated carbocycles. The number of hydrogen-bond donors (Lipinski definition) is 1. The second-order valence-electron chi connectivity index (χ2n) is 5.10. The van der Waals surface area contributed by atoms with Gasteiger partial charge in [0.25, 0.3) is 0 Å². The molecule has 3 rings (SSSR count). The maximum Gasteiger partial charge on any atom is 0.309 e. The SMILES string of the molecule is O=C1C(N=Nc2ccc(Br)cn2)=C(O)OC2CCCCC12. The lowest BCUT2D eigenvalue weighted by molar-refractivity contribution is -0.132. The van der Waals surface area contributed by atoms with Crippen molar-refractivity contribution < 1.29 is 14.6 Å². The fraction of sp³-hybridized carbons (Fsp3) is 0.429. The third kappa shape index (κ3) is 2.97. The third-order valence-corrected chi connectivity index (χ3v) is 4.17. The summed E-state index contributed by atoms with van der Waals surface area (Å²) in [5.74, 6) is -0.480. The maximum absolute atomic E-state index is 12.4. The molecular formula is C14H14BrN3O3. The Labute approximate surface area is 130 Å². The normalized spacial score (nSPS) is 25.9. The highest BCUT2D eigenvalue weighted by Crippen LogP contribution is 2.35. The highest BCUT2D eigenvalue weighted by Gasteiger charge is 2.40. The molecule has 1 aliphatic heterocycles. The Morgan fingerprint density at radius 2 is 2.10 bits per heavy atom. The second-order valence-corrected chi connectivity index (χ2v) is 6.02. The lowest BCUT2D eigenvalue weighted by Crippen LogP contribution is -2.38. The lowest BCUT2D eigenvalue weighted by Gasteiger charge is -2.33. The number of aliphatic hydroxyl groups is 1. The van der Waals surface area contributed by atoms with Crippen LogP contribution < -0.4 is 0 Å². The molecule has 1 aliphatic carbocycles. The Morgan fingerprint density at radius 1 is 1.29 bits per heavy atom. The van der Waals surface area contributed by atoms with Crippen LogP contribution in [0.2, 0.25) is 0 Å². The first-order valence-electron chi connectivity index (χ1n) is 6.82. The van der Waals surface area contributed by atoms with Crippen LogP contribution in [0.1, 0.15) is 25.7 Å². The number of nitrogens with zero attached hydrogens (tertiary/aromatic N) is 3. The van der Waals surface area contributed by atoms with E-state index >= 15 is 0 Å².